The van der Waals surface area contributed by atoms with Crippen molar-refractivity contribution < 1.29 is 102 Å². The molecule has 2 aliphatic heterocycles. The van der Waals surface area contributed by atoms with Crippen molar-refractivity contribution in [3.63, 3.8) is 0 Å². The molecule has 0 aromatic rings. The Hall–Kier alpha value is -5.26. The van der Waals surface area contributed by atoms with Crippen LogP contribution >= 0.6 is 0 Å². The number of guanidine groups is 2. The number of carbonyl (C=O) groups excluding carboxylic acids is 2. The van der Waals surface area contributed by atoms with E-state index in [2.05, 4.69) is 20.2 Å². The predicted molar refractivity (Wildman–Crippen MR) is 281 cm³/mol. The highest BCUT2D eigenvalue weighted by molar-refractivity contribution is 5.85. The van der Waals surface area contributed by atoms with E-state index >= 15 is 0 Å². The quantitative estimate of drug-likeness (QED) is 0.0118. The van der Waals surface area contributed by atoms with Gasteiger partial charge < -0.3 is 116 Å². The van der Waals surface area contributed by atoms with Crippen LogP contribution in [0.15, 0.2) is 33.7 Å². The summed E-state index contributed by atoms with van der Waals surface area (Å²) in [4.78, 5) is 62.4. The third kappa shape index (κ3) is 28.1. The van der Waals surface area contributed by atoms with Crippen LogP contribution in [0.5, 0.6) is 0 Å². The molecule has 0 fully saturated rings. The average molecular weight is 1140 g/mol. The Bertz CT molecular complexity index is 1880. The molecule has 79 heavy (non-hydrogen) atoms. The molecule has 0 saturated carbocycles. The predicted octanol–water partition coefficient (Wildman–Crippen LogP) is -4.61. The monoisotopic (exact) mass is 1140 g/mol. The molecular formula is C48H88N10O21. The van der Waals surface area contributed by atoms with Crippen LogP contribution in [0.2, 0.25) is 0 Å². The molecule has 31 nitrogen and oxygen atoms in total. The Kier molecular flexibility index (Phi) is 35.4. The lowest BCUT2D eigenvalue weighted by Crippen LogP contribution is -2.61. The summed E-state index contributed by atoms with van der Waals surface area (Å²) in [6.45, 7) is 10.2. The van der Waals surface area contributed by atoms with Crippen LogP contribution in [0, 0.1) is 5.92 Å². The van der Waals surface area contributed by atoms with E-state index < -0.39 is 115 Å². The smallest absolute Gasteiger partial charge is 0.410 e. The molecule has 10 atom stereocenters. The third-order valence-corrected chi connectivity index (χ3v) is 11.8. The van der Waals surface area contributed by atoms with Gasteiger partial charge in [0.05, 0.1) is 124 Å². The first-order chi connectivity index (χ1) is 37.7. The molecule has 0 spiro atoms. The zero-order valence-corrected chi connectivity index (χ0v) is 46.0. The second-order valence-corrected chi connectivity index (χ2v) is 18.2. The molecule has 2 heterocycles. The number of nitrogens with zero attached hydrogens (tertiary/aromatic N) is 5. The lowest BCUT2D eigenvalue weighted by atomic mass is 9.87. The number of nitrogens with one attached hydrogen (secondary N) is 1. The van der Waals surface area contributed by atoms with E-state index in [1.807, 2.05) is 6.92 Å². The SMILES string of the molecule is CCCOCCOCCOCCOCCN(CCOCCOCCN(C)CO[C@@H]([C@@H]1OC(C(=O)O)=C[C@H](N=C(N)N)[C@H]1C)[C@H](O)CO)CCOCCN(C)C(=O)O[C@@H]([C@@H]1OC(C(=O)O)=C[C@H](N=C(N)N)[C@H]1NC(C)=O)[C@H](O)CO. The number of amides is 2. The van der Waals surface area contributed by atoms with Crippen LogP contribution in [-0.4, -0.2) is 295 Å². The highest BCUT2D eigenvalue weighted by Gasteiger charge is 2.47. The first-order valence-corrected chi connectivity index (χ1v) is 26.0. The van der Waals surface area contributed by atoms with Crippen LogP contribution in [0.25, 0.3) is 0 Å². The van der Waals surface area contributed by atoms with Crippen molar-refractivity contribution in [2.75, 3.05) is 159 Å². The number of nitrogens with two attached hydrogens (primary N) is 4. The van der Waals surface area contributed by atoms with Gasteiger partial charge in [0.1, 0.15) is 24.4 Å². The summed E-state index contributed by atoms with van der Waals surface area (Å²) in [7, 11) is 3.14. The van der Waals surface area contributed by atoms with E-state index in [0.717, 1.165) is 17.4 Å². The highest BCUT2D eigenvalue weighted by Crippen LogP contribution is 2.31. The summed E-state index contributed by atoms with van der Waals surface area (Å²) >= 11 is 0. The molecule has 15 N–H and O–H groups in total. The van der Waals surface area contributed by atoms with E-state index in [1.165, 1.54) is 20.0 Å². The van der Waals surface area contributed by atoms with E-state index in [1.54, 1.807) is 18.9 Å². The minimum Gasteiger partial charge on any atom is -0.480 e. The van der Waals surface area contributed by atoms with Crippen molar-refractivity contribution >= 4 is 35.9 Å². The molecule has 456 valence electrons. The molecule has 0 saturated heterocycles. The van der Waals surface area contributed by atoms with Crippen LogP contribution in [0.1, 0.15) is 27.2 Å². The molecule has 0 aromatic carbocycles. The third-order valence-electron chi connectivity index (χ3n) is 11.8. The van der Waals surface area contributed by atoms with Crippen molar-refractivity contribution in [3.8, 4) is 0 Å². The number of carboxylic acid groups (broad SMARTS) is 2. The van der Waals surface area contributed by atoms with E-state index in [4.69, 9.17) is 75.0 Å². The molecule has 0 unspecified atom stereocenters. The van der Waals surface area contributed by atoms with E-state index in [9.17, 15) is 49.8 Å². The second-order valence-electron chi connectivity index (χ2n) is 18.2. The largest absolute Gasteiger partial charge is 0.480 e. The zero-order chi connectivity index (χ0) is 58.7. The summed E-state index contributed by atoms with van der Waals surface area (Å²) in [6.07, 6.45) is -6.41. The molecule has 31 heteroatoms. The van der Waals surface area contributed by atoms with Crippen LogP contribution in [0.4, 0.5) is 4.79 Å². The van der Waals surface area contributed by atoms with Gasteiger partial charge in [0.15, 0.2) is 24.1 Å². The molecule has 2 amide bonds. The normalized spacial score (nSPS) is 20.6. The number of likely N-dealkylation sites (N-methyl/N-ethyl adjacent to an activating group) is 2. The number of aliphatic imine (C=N–C) groups is 2. The molecule has 0 aliphatic carbocycles. The van der Waals surface area contributed by atoms with Gasteiger partial charge in [0.25, 0.3) is 0 Å². The van der Waals surface area contributed by atoms with Crippen molar-refractivity contribution in [2.45, 2.75) is 81.9 Å². The molecule has 0 radical (unpaired) electrons. The number of hydrogen-bond acceptors (Lipinski definition) is 23. The Morgan fingerprint density at radius 3 is 1.52 bits per heavy atom. The van der Waals surface area contributed by atoms with Gasteiger partial charge in [-0.15, -0.1) is 0 Å². The van der Waals surface area contributed by atoms with Gasteiger partial charge in [0.2, 0.25) is 17.4 Å². The number of aliphatic carboxylic acids is 2. The number of rotatable bonds is 44. The van der Waals surface area contributed by atoms with E-state index in [-0.39, 0.29) is 52.3 Å². The Balaban J connectivity index is 1.91. The Morgan fingerprint density at radius 2 is 1.05 bits per heavy atom. The summed E-state index contributed by atoms with van der Waals surface area (Å²) in [5, 5.41) is 63.0. The van der Waals surface area contributed by atoms with E-state index in [0.29, 0.717) is 85.6 Å². The number of aliphatic hydroxyl groups is 4. The van der Waals surface area contributed by atoms with Crippen LogP contribution in [0.3, 0.4) is 0 Å². The van der Waals surface area contributed by atoms with Crippen molar-refractivity contribution in [1.29, 1.82) is 0 Å². The summed E-state index contributed by atoms with van der Waals surface area (Å²) in [6, 6.07) is -3.25. The maximum Gasteiger partial charge on any atom is 0.410 e. The standard InChI is InChI=1S/C48H88N10O21/c1-6-12-69-18-22-74-24-25-75-23-21-73-17-11-58(10-16-72-20-19-71-13-7-56(4)30-76-41(35(62)28-59)40-31(2)33(54-46(49)50)26-37(77-40)44(64)65)9-15-70-14-8-57(5)48(68)79-42(36(63)29-60)43-39(53-32(3)61)34(55-47(51)52)27-38(78-43)45(66)67/h26-27,31,33-36,39-43,59-60,62-63H,6-25,28-30H2,1-5H3,(H,53,61)(H,64,65)(H,66,67)(H4,49,50,54)(H4,51,52,55)/t31-,33+,34+,35-,36-,39-,40-,41-,42-,43-/m1/s1. The topological polar surface area (TPSA) is 442 Å². The fourth-order valence-electron chi connectivity index (χ4n) is 7.65. The van der Waals surface area contributed by atoms with Crippen molar-refractivity contribution in [1.82, 2.24) is 20.0 Å². The van der Waals surface area contributed by atoms with Gasteiger partial charge in [-0.3, -0.25) is 14.6 Å². The van der Waals surface area contributed by atoms with Gasteiger partial charge in [-0.05, 0) is 25.6 Å². The lowest BCUT2D eigenvalue weighted by Gasteiger charge is -2.40. The minimum atomic E-state index is -1.80. The van der Waals surface area contributed by atoms with Crippen LogP contribution < -0.4 is 28.3 Å². The molecule has 0 aromatic heterocycles. The maximum absolute atomic E-state index is 13.3. The average Bonchev–Trinajstić information content (AvgIpc) is 3.41. The van der Waals surface area contributed by atoms with Gasteiger partial charge in [0, 0.05) is 59.2 Å². The Labute approximate surface area is 460 Å². The molecule has 0 bridgehead atoms. The summed E-state index contributed by atoms with van der Waals surface area (Å²) in [5.74, 6) is -5.82. The number of hydrogen-bond donors (Lipinski definition) is 11. The second kappa shape index (κ2) is 40.0. The fourth-order valence-corrected chi connectivity index (χ4v) is 7.65. The number of carbonyl (C=O) groups is 4. The number of ether oxygens (including phenoxy) is 11. The Morgan fingerprint density at radius 1 is 0.633 bits per heavy atom. The van der Waals surface area contributed by atoms with Gasteiger partial charge in [-0.1, -0.05) is 13.8 Å². The maximum atomic E-state index is 13.3. The highest BCUT2D eigenvalue weighted by atomic mass is 16.6. The van der Waals surface area contributed by atoms with Gasteiger partial charge >= 0.3 is 18.0 Å². The van der Waals surface area contributed by atoms with Gasteiger partial charge in [-0.25, -0.2) is 24.4 Å². The number of aliphatic hydroxyl groups excluding tert-OH is 4. The van der Waals surface area contributed by atoms with Crippen molar-refractivity contribution in [2.24, 2.45) is 38.8 Å². The van der Waals surface area contributed by atoms with Crippen molar-refractivity contribution in [3.05, 3.63) is 23.7 Å². The fraction of sp³-hybridized carbons (Fsp3) is 0.792. The minimum absolute atomic E-state index is 0.00244. The molecule has 2 aliphatic rings. The summed E-state index contributed by atoms with van der Waals surface area (Å²) in [5.41, 5.74) is 22.3. The van der Waals surface area contributed by atoms with Gasteiger partial charge in [-0.2, -0.15) is 0 Å². The summed E-state index contributed by atoms with van der Waals surface area (Å²) < 4.78 is 62.6. The number of carboxylic acids is 2. The first-order valence-electron chi connectivity index (χ1n) is 26.0. The zero-order valence-electron chi connectivity index (χ0n) is 46.0. The first kappa shape index (κ1) is 69.8. The molecular weight excluding hydrogens is 1050 g/mol. The molecule has 2 rings (SSSR count). The van der Waals surface area contributed by atoms with Crippen LogP contribution in [-0.2, 0) is 66.5 Å². The lowest BCUT2D eigenvalue weighted by molar-refractivity contribution is -0.165.